The van der Waals surface area contributed by atoms with E-state index in [9.17, 15) is 18.7 Å². The fourth-order valence-corrected chi connectivity index (χ4v) is 1.75. The molecular formula is C14H12F2N2O2. The number of anilines is 1. The summed E-state index contributed by atoms with van der Waals surface area (Å²) in [5.74, 6) is -2.16. The Morgan fingerprint density at radius 3 is 2.60 bits per heavy atom. The van der Waals surface area contributed by atoms with Crippen LogP contribution in [0.1, 0.15) is 15.9 Å². The largest absolute Gasteiger partial charge is 0.508 e. The maximum absolute atomic E-state index is 13.5. The van der Waals surface area contributed by atoms with Crippen molar-refractivity contribution in [2.45, 2.75) is 6.54 Å². The molecule has 0 saturated heterocycles. The molecule has 0 bridgehead atoms. The number of carbonyl (C=O) groups is 1. The molecule has 20 heavy (non-hydrogen) atoms. The molecule has 6 heteroatoms. The van der Waals surface area contributed by atoms with Crippen molar-refractivity contribution < 1.29 is 18.7 Å². The predicted molar refractivity (Wildman–Crippen MR) is 70.3 cm³/mol. The van der Waals surface area contributed by atoms with E-state index in [0.29, 0.717) is 5.69 Å². The topological polar surface area (TPSA) is 75.4 Å². The molecule has 2 aromatic rings. The third-order valence-corrected chi connectivity index (χ3v) is 2.75. The molecule has 0 heterocycles. The van der Waals surface area contributed by atoms with Crippen LogP contribution in [0.5, 0.6) is 5.75 Å². The summed E-state index contributed by atoms with van der Waals surface area (Å²) in [6.45, 7) is 0.0527. The van der Waals surface area contributed by atoms with Gasteiger partial charge in [-0.2, -0.15) is 0 Å². The van der Waals surface area contributed by atoms with Gasteiger partial charge in [0.1, 0.15) is 17.4 Å². The van der Waals surface area contributed by atoms with Gasteiger partial charge in [0, 0.05) is 23.9 Å². The zero-order chi connectivity index (χ0) is 14.7. The summed E-state index contributed by atoms with van der Waals surface area (Å²) < 4.78 is 26.2. The first-order chi connectivity index (χ1) is 9.47. The Morgan fingerprint density at radius 1 is 1.20 bits per heavy atom. The zero-order valence-electron chi connectivity index (χ0n) is 10.4. The molecule has 4 nitrogen and oxygen atoms in total. The lowest BCUT2D eigenvalue weighted by molar-refractivity contribution is 0.100. The van der Waals surface area contributed by atoms with Crippen LogP contribution in [0.2, 0.25) is 0 Å². The van der Waals surface area contributed by atoms with Gasteiger partial charge < -0.3 is 16.2 Å². The summed E-state index contributed by atoms with van der Waals surface area (Å²) in [6.07, 6.45) is 0. The highest BCUT2D eigenvalue weighted by Crippen LogP contribution is 2.22. The fraction of sp³-hybridized carbons (Fsp3) is 0.0714. The lowest BCUT2D eigenvalue weighted by atomic mass is 10.1. The lowest BCUT2D eigenvalue weighted by Crippen LogP contribution is -2.14. The van der Waals surface area contributed by atoms with Gasteiger partial charge in [0.15, 0.2) is 0 Å². The van der Waals surface area contributed by atoms with Gasteiger partial charge in [-0.3, -0.25) is 4.79 Å². The van der Waals surface area contributed by atoms with Crippen LogP contribution in [0.3, 0.4) is 0 Å². The molecule has 2 aromatic carbocycles. The van der Waals surface area contributed by atoms with Gasteiger partial charge in [0.05, 0.1) is 5.56 Å². The van der Waals surface area contributed by atoms with Crippen LogP contribution in [-0.4, -0.2) is 11.0 Å². The first-order valence-electron chi connectivity index (χ1n) is 5.78. The molecule has 0 radical (unpaired) electrons. The van der Waals surface area contributed by atoms with E-state index >= 15 is 0 Å². The highest BCUT2D eigenvalue weighted by molar-refractivity contribution is 5.98. The second kappa shape index (κ2) is 5.56. The molecule has 0 aliphatic heterocycles. The molecule has 0 aliphatic rings. The summed E-state index contributed by atoms with van der Waals surface area (Å²) in [5, 5.41) is 12.1. The average molecular weight is 278 g/mol. The van der Waals surface area contributed by atoms with Crippen LogP contribution in [0.4, 0.5) is 14.5 Å². The molecule has 0 unspecified atom stereocenters. The molecule has 0 atom stereocenters. The number of phenolic OH excluding ortho intramolecular Hbond substituents is 1. The van der Waals surface area contributed by atoms with Crippen LogP contribution in [0.15, 0.2) is 36.4 Å². The highest BCUT2D eigenvalue weighted by atomic mass is 19.1. The number of carbonyl (C=O) groups excluding carboxylic acids is 1. The van der Waals surface area contributed by atoms with Gasteiger partial charge in [-0.05, 0) is 24.3 Å². The molecule has 104 valence electrons. The van der Waals surface area contributed by atoms with Crippen molar-refractivity contribution in [1.82, 2.24) is 0 Å². The Hall–Kier alpha value is -2.63. The molecule has 4 N–H and O–H groups in total. The van der Waals surface area contributed by atoms with E-state index in [1.54, 1.807) is 0 Å². The number of nitrogens with one attached hydrogen (secondary N) is 1. The van der Waals surface area contributed by atoms with E-state index < -0.39 is 17.5 Å². The Bertz CT molecular complexity index is 660. The quantitative estimate of drug-likeness (QED) is 0.752. The molecule has 1 amide bonds. The number of benzene rings is 2. The zero-order valence-corrected chi connectivity index (χ0v) is 10.4. The van der Waals surface area contributed by atoms with Gasteiger partial charge in [0.25, 0.3) is 5.91 Å². The molecule has 2 rings (SSSR count). The first-order valence-corrected chi connectivity index (χ1v) is 5.78. The van der Waals surface area contributed by atoms with Crippen LogP contribution < -0.4 is 11.1 Å². The summed E-state index contributed by atoms with van der Waals surface area (Å²) in [4.78, 5) is 11.2. The number of amides is 1. The normalized spacial score (nSPS) is 10.3. The van der Waals surface area contributed by atoms with E-state index in [-0.39, 0.29) is 23.4 Å². The highest BCUT2D eigenvalue weighted by Gasteiger charge is 2.10. The molecule has 0 fully saturated rings. The second-order valence-electron chi connectivity index (χ2n) is 4.18. The van der Waals surface area contributed by atoms with Gasteiger partial charge in [-0.15, -0.1) is 0 Å². The third-order valence-electron chi connectivity index (χ3n) is 2.75. The number of aromatic hydroxyl groups is 1. The number of primary amides is 1. The van der Waals surface area contributed by atoms with Crippen molar-refractivity contribution in [3.63, 3.8) is 0 Å². The number of halogens is 2. The van der Waals surface area contributed by atoms with Gasteiger partial charge >= 0.3 is 0 Å². The van der Waals surface area contributed by atoms with Gasteiger partial charge in [-0.25, -0.2) is 8.78 Å². The van der Waals surface area contributed by atoms with Crippen LogP contribution in [-0.2, 0) is 6.54 Å². The molecule has 0 aromatic heterocycles. The molecular weight excluding hydrogens is 266 g/mol. The molecule has 0 aliphatic carbocycles. The first kappa shape index (κ1) is 13.8. The average Bonchev–Trinajstić information content (AvgIpc) is 2.38. The number of rotatable bonds is 4. The summed E-state index contributed by atoms with van der Waals surface area (Å²) in [7, 11) is 0. The number of nitrogens with two attached hydrogens (primary N) is 1. The lowest BCUT2D eigenvalue weighted by Gasteiger charge is -2.11. The van der Waals surface area contributed by atoms with Crippen molar-refractivity contribution in [2.75, 3.05) is 5.32 Å². The van der Waals surface area contributed by atoms with Crippen LogP contribution in [0.25, 0.3) is 0 Å². The Balaban J connectivity index is 2.20. The third kappa shape index (κ3) is 3.03. The number of hydrogen-bond donors (Lipinski definition) is 3. The smallest absolute Gasteiger partial charge is 0.250 e. The van der Waals surface area contributed by atoms with E-state index in [4.69, 9.17) is 5.73 Å². The number of hydrogen-bond acceptors (Lipinski definition) is 3. The minimum atomic E-state index is -0.719. The Kier molecular flexibility index (Phi) is 3.84. The standard InChI is InChI=1S/C14H12F2N2O2/c15-9-2-1-8(12(16)5-9)7-18-13-4-3-10(19)6-11(13)14(17)20/h1-6,18-19H,7H2,(H2,17,20). The molecule has 0 spiro atoms. The maximum Gasteiger partial charge on any atom is 0.250 e. The van der Waals surface area contributed by atoms with Crippen LogP contribution in [0, 0.1) is 11.6 Å². The van der Waals surface area contributed by atoms with Crippen molar-refractivity contribution >= 4 is 11.6 Å². The van der Waals surface area contributed by atoms with E-state index in [0.717, 1.165) is 12.1 Å². The van der Waals surface area contributed by atoms with E-state index in [2.05, 4.69) is 5.32 Å². The molecule has 0 saturated carbocycles. The monoisotopic (exact) mass is 278 g/mol. The second-order valence-corrected chi connectivity index (χ2v) is 4.18. The Labute approximate surface area is 113 Å². The number of phenols is 1. The van der Waals surface area contributed by atoms with E-state index in [1.165, 1.54) is 24.3 Å². The van der Waals surface area contributed by atoms with Crippen molar-refractivity contribution in [1.29, 1.82) is 0 Å². The minimum Gasteiger partial charge on any atom is -0.508 e. The van der Waals surface area contributed by atoms with Crippen molar-refractivity contribution in [2.24, 2.45) is 5.73 Å². The van der Waals surface area contributed by atoms with Crippen molar-refractivity contribution in [3.05, 3.63) is 59.2 Å². The van der Waals surface area contributed by atoms with Gasteiger partial charge in [0.2, 0.25) is 0 Å². The maximum atomic E-state index is 13.5. The summed E-state index contributed by atoms with van der Waals surface area (Å²) in [5.41, 5.74) is 5.88. The van der Waals surface area contributed by atoms with Gasteiger partial charge in [-0.1, -0.05) is 6.07 Å². The van der Waals surface area contributed by atoms with E-state index in [1.807, 2.05) is 0 Å². The summed E-state index contributed by atoms with van der Waals surface area (Å²) >= 11 is 0. The van der Waals surface area contributed by atoms with Crippen LogP contribution >= 0.6 is 0 Å². The SMILES string of the molecule is NC(=O)c1cc(O)ccc1NCc1ccc(F)cc1F. The predicted octanol–water partition coefficient (Wildman–Crippen LogP) is 2.38. The Morgan fingerprint density at radius 2 is 1.95 bits per heavy atom. The summed E-state index contributed by atoms with van der Waals surface area (Å²) in [6, 6.07) is 7.27. The minimum absolute atomic E-state index is 0.0527. The van der Waals surface area contributed by atoms with Crippen molar-refractivity contribution in [3.8, 4) is 5.75 Å². The fourth-order valence-electron chi connectivity index (χ4n) is 1.75.